The number of aromatic nitrogens is 3. The number of aromatic amines is 1. The van der Waals surface area contributed by atoms with Gasteiger partial charge in [0.15, 0.2) is 5.78 Å². The maximum atomic E-state index is 13.2. The maximum Gasteiger partial charge on any atom is 0.193 e. The number of hydrogen-bond acceptors (Lipinski definition) is 6. The predicted octanol–water partition coefficient (Wildman–Crippen LogP) is 3.76. The van der Waals surface area contributed by atoms with E-state index in [-0.39, 0.29) is 11.6 Å². The number of carbonyl (C=O) groups is 1. The molecule has 0 saturated heterocycles. The number of aliphatic imine (C=N–C) groups is 1. The molecule has 6 nitrogen and oxygen atoms in total. The first-order chi connectivity index (χ1) is 12.5. The number of ketones is 1. The average Bonchev–Trinajstić information content (AvgIpc) is 3.16. The molecule has 0 spiro atoms. The van der Waals surface area contributed by atoms with Gasteiger partial charge in [-0.3, -0.25) is 4.79 Å². The molecular formula is C19H15N5OS. The number of pyridine rings is 1. The zero-order valence-corrected chi connectivity index (χ0v) is 15.0. The van der Waals surface area contributed by atoms with E-state index in [1.54, 1.807) is 0 Å². The van der Waals surface area contributed by atoms with Crippen molar-refractivity contribution >= 4 is 49.9 Å². The van der Waals surface area contributed by atoms with Crippen molar-refractivity contribution in [3.05, 3.63) is 52.3 Å². The normalized spacial score (nSPS) is 16.9. The van der Waals surface area contributed by atoms with Crippen LogP contribution in [0.3, 0.4) is 0 Å². The molecule has 3 aromatic heterocycles. The topological polar surface area (TPSA) is 97.0 Å². The third-order valence-corrected chi connectivity index (χ3v) is 5.75. The van der Waals surface area contributed by atoms with Crippen LogP contribution in [-0.2, 0) is 0 Å². The van der Waals surface area contributed by atoms with Gasteiger partial charge < -0.3 is 10.7 Å². The van der Waals surface area contributed by atoms with Crippen molar-refractivity contribution in [1.29, 1.82) is 0 Å². The van der Waals surface area contributed by atoms with E-state index in [0.29, 0.717) is 16.4 Å². The zero-order chi connectivity index (χ0) is 18.0. The predicted molar refractivity (Wildman–Crippen MR) is 104 cm³/mol. The fourth-order valence-electron chi connectivity index (χ4n) is 3.53. The summed E-state index contributed by atoms with van der Waals surface area (Å²) in [7, 11) is 0. The molecule has 0 amide bonds. The van der Waals surface area contributed by atoms with Crippen LogP contribution in [0.15, 0.2) is 35.3 Å². The molecule has 1 aromatic carbocycles. The van der Waals surface area contributed by atoms with Crippen LogP contribution in [0.1, 0.15) is 32.7 Å². The van der Waals surface area contributed by atoms with Gasteiger partial charge >= 0.3 is 0 Å². The van der Waals surface area contributed by atoms with Crippen LogP contribution >= 0.6 is 11.3 Å². The monoisotopic (exact) mass is 361 g/mol. The molecule has 1 aliphatic heterocycles. The number of imidazole rings is 1. The van der Waals surface area contributed by atoms with E-state index in [1.807, 2.05) is 44.2 Å². The summed E-state index contributed by atoms with van der Waals surface area (Å²) in [5.74, 6) is 0.0265. The summed E-state index contributed by atoms with van der Waals surface area (Å²) in [5.41, 5.74) is 10.5. The van der Waals surface area contributed by atoms with Gasteiger partial charge in [-0.25, -0.2) is 15.0 Å². The molecule has 0 bridgehead atoms. The molecule has 26 heavy (non-hydrogen) atoms. The Bertz CT molecular complexity index is 1220. The number of aryl methyl sites for hydroxylation is 2. The highest BCUT2D eigenvalue weighted by atomic mass is 32.1. The molecule has 4 heterocycles. The van der Waals surface area contributed by atoms with Gasteiger partial charge in [0, 0.05) is 11.1 Å². The van der Waals surface area contributed by atoms with E-state index in [1.165, 1.54) is 11.3 Å². The van der Waals surface area contributed by atoms with Crippen molar-refractivity contribution in [2.24, 2.45) is 10.7 Å². The minimum Gasteiger partial charge on any atom is -0.386 e. The van der Waals surface area contributed by atoms with Gasteiger partial charge in [0.1, 0.15) is 22.4 Å². The SMILES string of the molecule is Cc1cc(C)c2c3c(sc2n1)C(=O)C(c1nc2ccccc2[nH]1)C(N)=N3. The molecule has 0 fully saturated rings. The Labute approximate surface area is 152 Å². The molecule has 128 valence electrons. The molecule has 3 N–H and O–H groups in total. The highest BCUT2D eigenvalue weighted by Gasteiger charge is 2.36. The third-order valence-electron chi connectivity index (χ3n) is 4.67. The highest BCUT2D eigenvalue weighted by Crippen LogP contribution is 2.44. The minimum atomic E-state index is -0.690. The minimum absolute atomic E-state index is 0.0772. The van der Waals surface area contributed by atoms with Gasteiger partial charge in [0.05, 0.1) is 21.6 Å². The first-order valence-electron chi connectivity index (χ1n) is 8.26. The molecule has 0 aliphatic carbocycles. The Balaban J connectivity index is 1.72. The van der Waals surface area contributed by atoms with Crippen LogP contribution in [0.4, 0.5) is 5.69 Å². The number of nitrogens with one attached hydrogen (secondary N) is 1. The molecule has 5 rings (SSSR count). The van der Waals surface area contributed by atoms with Crippen molar-refractivity contribution < 1.29 is 4.79 Å². The standard InChI is InChI=1S/C19H15N5OS/c1-8-7-9(2)21-19-12(8)14-16(26-19)15(25)13(17(20)24-14)18-22-10-5-3-4-6-11(10)23-18/h3-7,13H,1-2H3,(H2,20,24)(H,22,23). The number of nitrogens with zero attached hydrogens (tertiary/aromatic N) is 3. The summed E-state index contributed by atoms with van der Waals surface area (Å²) in [6.07, 6.45) is 0. The first kappa shape index (κ1) is 15.2. The van der Waals surface area contributed by atoms with Crippen molar-refractivity contribution in [2.45, 2.75) is 19.8 Å². The third kappa shape index (κ3) is 2.04. The van der Waals surface area contributed by atoms with E-state index < -0.39 is 5.92 Å². The molecule has 1 unspecified atom stereocenters. The number of fused-ring (bicyclic) bond motifs is 4. The highest BCUT2D eigenvalue weighted by molar-refractivity contribution is 7.21. The number of amidine groups is 1. The largest absolute Gasteiger partial charge is 0.386 e. The Kier molecular flexibility index (Phi) is 3.05. The average molecular weight is 361 g/mol. The van der Waals surface area contributed by atoms with Crippen LogP contribution in [0.25, 0.3) is 21.3 Å². The Morgan fingerprint density at radius 2 is 2.00 bits per heavy atom. The summed E-state index contributed by atoms with van der Waals surface area (Å²) in [6, 6.07) is 9.65. The second-order valence-corrected chi connectivity index (χ2v) is 7.51. The van der Waals surface area contributed by atoms with Crippen molar-refractivity contribution in [2.75, 3.05) is 0 Å². The second kappa shape index (κ2) is 5.22. The summed E-state index contributed by atoms with van der Waals surface area (Å²) in [5, 5.41) is 0.912. The van der Waals surface area contributed by atoms with E-state index in [2.05, 4.69) is 19.9 Å². The summed E-state index contributed by atoms with van der Waals surface area (Å²) < 4.78 is 0. The zero-order valence-electron chi connectivity index (χ0n) is 14.2. The molecular weight excluding hydrogens is 346 g/mol. The van der Waals surface area contributed by atoms with Crippen LogP contribution in [-0.4, -0.2) is 26.6 Å². The summed E-state index contributed by atoms with van der Waals surface area (Å²) in [4.78, 5) is 31.6. The number of H-pyrrole nitrogens is 1. The quantitative estimate of drug-likeness (QED) is 0.539. The Morgan fingerprint density at radius 1 is 1.19 bits per heavy atom. The van der Waals surface area contributed by atoms with Gasteiger partial charge in [0.2, 0.25) is 0 Å². The number of rotatable bonds is 1. The molecule has 4 aromatic rings. The van der Waals surface area contributed by atoms with Gasteiger partial charge in [-0.15, -0.1) is 11.3 Å². The van der Waals surface area contributed by atoms with Crippen LogP contribution in [0.2, 0.25) is 0 Å². The van der Waals surface area contributed by atoms with E-state index >= 15 is 0 Å². The second-order valence-electron chi connectivity index (χ2n) is 6.51. The summed E-state index contributed by atoms with van der Waals surface area (Å²) in [6.45, 7) is 3.95. The lowest BCUT2D eigenvalue weighted by Crippen LogP contribution is -2.31. The van der Waals surface area contributed by atoms with E-state index in [4.69, 9.17) is 5.73 Å². The number of thiophene rings is 1. The van der Waals surface area contributed by atoms with Gasteiger partial charge in [-0.2, -0.15) is 0 Å². The molecule has 0 radical (unpaired) electrons. The number of benzene rings is 1. The molecule has 1 aliphatic rings. The number of para-hydroxylation sites is 2. The van der Waals surface area contributed by atoms with Crippen LogP contribution < -0.4 is 5.73 Å². The number of Topliss-reactive ketones (excluding diaryl/α,β-unsaturated/α-hetero) is 1. The number of hydrogen-bond donors (Lipinski definition) is 2. The molecule has 7 heteroatoms. The van der Waals surface area contributed by atoms with Crippen LogP contribution in [0.5, 0.6) is 0 Å². The lowest BCUT2D eigenvalue weighted by Gasteiger charge is -2.17. The number of carbonyl (C=O) groups excluding carboxylic acids is 1. The Morgan fingerprint density at radius 3 is 2.81 bits per heavy atom. The lowest BCUT2D eigenvalue weighted by molar-refractivity contribution is 0.0983. The van der Waals surface area contributed by atoms with Gasteiger partial charge in [0.25, 0.3) is 0 Å². The fraction of sp³-hybridized carbons (Fsp3) is 0.158. The first-order valence-corrected chi connectivity index (χ1v) is 9.08. The van der Waals surface area contributed by atoms with E-state index in [9.17, 15) is 4.79 Å². The van der Waals surface area contributed by atoms with Crippen molar-refractivity contribution in [3.8, 4) is 0 Å². The Hall–Kier alpha value is -3.06. The summed E-state index contributed by atoms with van der Waals surface area (Å²) >= 11 is 1.38. The fourth-order valence-corrected chi connectivity index (χ4v) is 4.73. The maximum absolute atomic E-state index is 13.2. The van der Waals surface area contributed by atoms with Gasteiger partial charge in [-0.05, 0) is 37.6 Å². The molecule has 1 atom stereocenters. The van der Waals surface area contributed by atoms with Crippen molar-refractivity contribution in [1.82, 2.24) is 15.0 Å². The number of nitrogens with two attached hydrogens (primary N) is 1. The van der Waals surface area contributed by atoms with Gasteiger partial charge in [-0.1, -0.05) is 12.1 Å². The van der Waals surface area contributed by atoms with Crippen molar-refractivity contribution in [3.63, 3.8) is 0 Å². The lowest BCUT2D eigenvalue weighted by atomic mass is 9.96. The van der Waals surface area contributed by atoms with Crippen LogP contribution in [0, 0.1) is 13.8 Å². The van der Waals surface area contributed by atoms with E-state index in [0.717, 1.165) is 32.5 Å². The molecule has 0 saturated carbocycles. The smallest absolute Gasteiger partial charge is 0.193 e.